The van der Waals surface area contributed by atoms with Crippen molar-refractivity contribution in [2.24, 2.45) is 0 Å². The van der Waals surface area contributed by atoms with Gasteiger partial charge in [0.25, 0.3) is 0 Å². The maximum Gasteiger partial charge on any atom is 0.305 e. The number of amides is 1. The third-order valence-electron chi connectivity index (χ3n) is 4.04. The van der Waals surface area contributed by atoms with Gasteiger partial charge in [0, 0.05) is 6.54 Å². The van der Waals surface area contributed by atoms with Crippen LogP contribution in [0.3, 0.4) is 0 Å². The second kappa shape index (κ2) is 5.33. The summed E-state index contributed by atoms with van der Waals surface area (Å²) < 4.78 is 23.3. The molecule has 2 heterocycles. The summed E-state index contributed by atoms with van der Waals surface area (Å²) in [5, 5.41) is 12.1. The lowest BCUT2D eigenvalue weighted by Crippen LogP contribution is -2.60. The summed E-state index contributed by atoms with van der Waals surface area (Å²) in [5.41, 5.74) is -0.697. The van der Waals surface area contributed by atoms with E-state index in [9.17, 15) is 18.0 Å². The van der Waals surface area contributed by atoms with Gasteiger partial charge in [-0.05, 0) is 26.3 Å². The fourth-order valence-corrected chi connectivity index (χ4v) is 4.44. The number of sulfone groups is 1. The Balaban J connectivity index is 2.19. The van der Waals surface area contributed by atoms with Crippen LogP contribution in [0.2, 0.25) is 0 Å². The highest BCUT2D eigenvalue weighted by Crippen LogP contribution is 2.25. The molecule has 20 heavy (non-hydrogen) atoms. The Labute approximate surface area is 118 Å². The predicted octanol–water partition coefficient (Wildman–Crippen LogP) is -0.771. The summed E-state index contributed by atoms with van der Waals surface area (Å²) in [6.07, 6.45) is 1.24. The lowest BCUT2D eigenvalue weighted by atomic mass is 9.97. The Bertz CT molecular complexity index is 510. The molecule has 0 aromatic heterocycles. The van der Waals surface area contributed by atoms with Crippen molar-refractivity contribution < 1.29 is 23.1 Å². The highest BCUT2D eigenvalue weighted by molar-refractivity contribution is 7.91. The Morgan fingerprint density at radius 3 is 2.70 bits per heavy atom. The molecular formula is C12H20N2O5S. The zero-order valence-corrected chi connectivity index (χ0v) is 12.3. The van der Waals surface area contributed by atoms with Crippen molar-refractivity contribution in [2.75, 3.05) is 24.6 Å². The second-order valence-electron chi connectivity index (χ2n) is 5.73. The van der Waals surface area contributed by atoms with E-state index in [0.29, 0.717) is 6.42 Å². The molecule has 0 bridgehead atoms. The lowest BCUT2D eigenvalue weighted by Gasteiger charge is -2.39. The van der Waals surface area contributed by atoms with Gasteiger partial charge < -0.3 is 15.3 Å². The molecule has 2 aliphatic heterocycles. The molecule has 0 spiro atoms. The molecule has 0 aliphatic carbocycles. The molecule has 2 N–H and O–H groups in total. The van der Waals surface area contributed by atoms with Crippen LogP contribution in [0.5, 0.6) is 0 Å². The van der Waals surface area contributed by atoms with Crippen molar-refractivity contribution in [2.45, 2.75) is 37.8 Å². The second-order valence-corrected chi connectivity index (χ2v) is 7.96. The number of hydrogen-bond donors (Lipinski definition) is 2. The van der Waals surface area contributed by atoms with Gasteiger partial charge in [-0.2, -0.15) is 0 Å². The van der Waals surface area contributed by atoms with Crippen molar-refractivity contribution in [1.29, 1.82) is 0 Å². The summed E-state index contributed by atoms with van der Waals surface area (Å²) >= 11 is 0. The average Bonchev–Trinajstić information content (AvgIpc) is 2.75. The van der Waals surface area contributed by atoms with Gasteiger partial charge in [0.1, 0.15) is 0 Å². The van der Waals surface area contributed by atoms with Gasteiger partial charge in [-0.25, -0.2) is 8.42 Å². The molecule has 2 saturated heterocycles. The van der Waals surface area contributed by atoms with Crippen LogP contribution in [0.4, 0.5) is 0 Å². The first-order valence-corrected chi connectivity index (χ1v) is 8.54. The number of carbonyl (C=O) groups excluding carboxylic acids is 1. The first-order chi connectivity index (χ1) is 9.23. The predicted molar refractivity (Wildman–Crippen MR) is 72.0 cm³/mol. The van der Waals surface area contributed by atoms with Gasteiger partial charge >= 0.3 is 5.97 Å². The summed E-state index contributed by atoms with van der Waals surface area (Å²) in [6, 6.07) is -0.766. The SMILES string of the molecule is CC1(C(=O)N2CCS(=O)(=O)CC2CC(=O)O)CCCN1. The monoisotopic (exact) mass is 304 g/mol. The number of carboxylic acid groups (broad SMARTS) is 1. The van der Waals surface area contributed by atoms with E-state index in [4.69, 9.17) is 5.11 Å². The molecule has 2 atom stereocenters. The molecule has 114 valence electrons. The number of rotatable bonds is 3. The van der Waals surface area contributed by atoms with Gasteiger partial charge in [-0.3, -0.25) is 9.59 Å². The third kappa shape index (κ3) is 3.12. The van der Waals surface area contributed by atoms with Gasteiger partial charge in [0.15, 0.2) is 9.84 Å². The molecule has 7 nitrogen and oxygen atoms in total. The average molecular weight is 304 g/mol. The molecule has 2 aliphatic rings. The van der Waals surface area contributed by atoms with E-state index >= 15 is 0 Å². The summed E-state index contributed by atoms with van der Waals surface area (Å²) in [6.45, 7) is 2.62. The van der Waals surface area contributed by atoms with Crippen molar-refractivity contribution >= 4 is 21.7 Å². The number of nitrogens with one attached hydrogen (secondary N) is 1. The van der Waals surface area contributed by atoms with E-state index in [-0.39, 0.29) is 30.4 Å². The molecular weight excluding hydrogens is 284 g/mol. The van der Waals surface area contributed by atoms with Crippen LogP contribution >= 0.6 is 0 Å². The van der Waals surface area contributed by atoms with Crippen LogP contribution in [0.15, 0.2) is 0 Å². The first kappa shape index (κ1) is 15.2. The van der Waals surface area contributed by atoms with Gasteiger partial charge in [-0.1, -0.05) is 0 Å². The molecule has 0 saturated carbocycles. The van der Waals surface area contributed by atoms with E-state index < -0.39 is 27.4 Å². The van der Waals surface area contributed by atoms with Crippen LogP contribution in [0.1, 0.15) is 26.2 Å². The van der Waals surface area contributed by atoms with E-state index in [2.05, 4.69) is 5.32 Å². The van der Waals surface area contributed by atoms with Crippen LogP contribution < -0.4 is 5.32 Å². The molecule has 1 amide bonds. The van der Waals surface area contributed by atoms with E-state index in [1.165, 1.54) is 4.90 Å². The van der Waals surface area contributed by atoms with Crippen LogP contribution in [0.25, 0.3) is 0 Å². The minimum atomic E-state index is -3.26. The van der Waals surface area contributed by atoms with Crippen molar-refractivity contribution in [1.82, 2.24) is 10.2 Å². The Morgan fingerprint density at radius 1 is 1.45 bits per heavy atom. The van der Waals surface area contributed by atoms with Crippen LogP contribution in [0, 0.1) is 0 Å². The standard InChI is InChI=1S/C12H20N2O5S/c1-12(3-2-4-13-12)11(17)14-5-6-20(18,19)8-9(14)7-10(15)16/h9,13H,2-8H2,1H3,(H,15,16). The number of carbonyl (C=O) groups is 2. The summed E-state index contributed by atoms with van der Waals surface area (Å²) in [4.78, 5) is 24.9. The normalized spacial score (nSPS) is 33.0. The minimum absolute atomic E-state index is 0.0797. The molecule has 0 aromatic rings. The summed E-state index contributed by atoms with van der Waals surface area (Å²) in [7, 11) is -3.26. The molecule has 8 heteroatoms. The molecule has 0 radical (unpaired) electrons. The first-order valence-electron chi connectivity index (χ1n) is 6.72. The summed E-state index contributed by atoms with van der Waals surface area (Å²) in [5.74, 6) is -1.63. The third-order valence-corrected chi connectivity index (χ3v) is 5.74. The van der Waals surface area contributed by atoms with Crippen molar-refractivity contribution in [3.63, 3.8) is 0 Å². The van der Waals surface area contributed by atoms with Gasteiger partial charge in [0.2, 0.25) is 5.91 Å². The van der Waals surface area contributed by atoms with E-state index in [1.807, 2.05) is 0 Å². The highest BCUT2D eigenvalue weighted by atomic mass is 32.2. The van der Waals surface area contributed by atoms with Crippen molar-refractivity contribution in [3.8, 4) is 0 Å². The molecule has 2 fully saturated rings. The van der Waals surface area contributed by atoms with Gasteiger partial charge in [0.05, 0.1) is 29.5 Å². The van der Waals surface area contributed by atoms with Crippen LogP contribution in [-0.2, 0) is 19.4 Å². The molecule has 2 unspecified atom stereocenters. The zero-order chi connectivity index (χ0) is 15.0. The number of nitrogens with zero attached hydrogens (tertiary/aromatic N) is 1. The van der Waals surface area contributed by atoms with E-state index in [0.717, 1.165) is 13.0 Å². The molecule has 0 aromatic carbocycles. The van der Waals surface area contributed by atoms with Crippen molar-refractivity contribution in [3.05, 3.63) is 0 Å². The quantitative estimate of drug-likeness (QED) is 0.709. The van der Waals surface area contributed by atoms with E-state index in [1.54, 1.807) is 6.92 Å². The fourth-order valence-electron chi connectivity index (χ4n) is 2.92. The Kier molecular flexibility index (Phi) is 4.06. The Hall–Kier alpha value is -1.15. The fraction of sp³-hybridized carbons (Fsp3) is 0.833. The number of hydrogen-bond acceptors (Lipinski definition) is 5. The largest absolute Gasteiger partial charge is 0.481 e. The zero-order valence-electron chi connectivity index (χ0n) is 11.5. The Morgan fingerprint density at radius 2 is 2.15 bits per heavy atom. The van der Waals surface area contributed by atoms with Crippen LogP contribution in [-0.4, -0.2) is 66.5 Å². The molecule has 2 rings (SSSR count). The highest BCUT2D eigenvalue weighted by Gasteiger charge is 2.44. The maximum absolute atomic E-state index is 12.6. The topological polar surface area (TPSA) is 104 Å². The maximum atomic E-state index is 12.6. The lowest BCUT2D eigenvalue weighted by molar-refractivity contribution is -0.143. The number of carboxylic acids is 1. The smallest absolute Gasteiger partial charge is 0.305 e. The number of aliphatic carboxylic acids is 1. The minimum Gasteiger partial charge on any atom is -0.481 e. The van der Waals surface area contributed by atoms with Gasteiger partial charge in [-0.15, -0.1) is 0 Å².